The molecule has 124 valence electrons. The number of benzene rings is 2. The van der Waals surface area contributed by atoms with Crippen LogP contribution in [0, 0.1) is 10.1 Å². The molecular weight excluding hydrogens is 359 g/mol. The number of anilines is 1. The van der Waals surface area contributed by atoms with Crippen LogP contribution in [0.4, 0.5) is 11.4 Å². The predicted molar refractivity (Wildman–Crippen MR) is 88.5 cm³/mol. The molecule has 0 aliphatic heterocycles. The molecule has 0 aliphatic rings. The summed E-state index contributed by atoms with van der Waals surface area (Å²) in [6.45, 7) is -0.631. The molecule has 0 spiro atoms. The Bertz CT molecular complexity index is 810. The van der Waals surface area contributed by atoms with Crippen molar-refractivity contribution in [1.29, 1.82) is 0 Å². The molecule has 0 aromatic heterocycles. The van der Waals surface area contributed by atoms with Crippen molar-refractivity contribution in [2.24, 2.45) is 0 Å². The van der Waals surface area contributed by atoms with Gasteiger partial charge >= 0.3 is 5.97 Å². The van der Waals surface area contributed by atoms with Crippen LogP contribution in [0.15, 0.2) is 42.5 Å². The van der Waals surface area contributed by atoms with Crippen molar-refractivity contribution in [2.45, 2.75) is 0 Å². The van der Waals surface area contributed by atoms with Crippen LogP contribution in [0.25, 0.3) is 0 Å². The Hall–Kier alpha value is -2.64. The van der Waals surface area contributed by atoms with Gasteiger partial charge in [-0.1, -0.05) is 35.3 Å². The third kappa shape index (κ3) is 4.43. The van der Waals surface area contributed by atoms with E-state index < -0.39 is 29.1 Å². The number of hydrogen-bond acceptors (Lipinski definition) is 5. The van der Waals surface area contributed by atoms with Gasteiger partial charge in [0.15, 0.2) is 6.61 Å². The number of halogens is 2. The molecule has 2 rings (SSSR count). The van der Waals surface area contributed by atoms with Gasteiger partial charge in [-0.2, -0.15) is 0 Å². The maximum absolute atomic E-state index is 12.0. The molecule has 2 aromatic carbocycles. The lowest BCUT2D eigenvalue weighted by molar-refractivity contribution is -0.385. The van der Waals surface area contributed by atoms with Crippen molar-refractivity contribution in [3.63, 3.8) is 0 Å². The molecule has 0 aliphatic carbocycles. The number of carbonyl (C=O) groups is 2. The highest BCUT2D eigenvalue weighted by atomic mass is 35.5. The first-order chi connectivity index (χ1) is 11.4. The molecule has 0 saturated heterocycles. The van der Waals surface area contributed by atoms with E-state index in [1.807, 2.05) is 0 Å². The summed E-state index contributed by atoms with van der Waals surface area (Å²) < 4.78 is 4.79. The fraction of sp³-hybridized carbons (Fsp3) is 0.0667. The van der Waals surface area contributed by atoms with Crippen LogP contribution in [-0.2, 0) is 9.53 Å². The molecule has 7 nitrogen and oxygen atoms in total. The maximum Gasteiger partial charge on any atom is 0.345 e. The summed E-state index contributed by atoms with van der Waals surface area (Å²) in [5.74, 6) is -1.67. The van der Waals surface area contributed by atoms with Crippen LogP contribution in [0.1, 0.15) is 10.4 Å². The molecule has 0 saturated carbocycles. The zero-order valence-electron chi connectivity index (χ0n) is 12.0. The first-order valence-corrected chi connectivity index (χ1v) is 7.29. The van der Waals surface area contributed by atoms with Gasteiger partial charge in [-0.25, -0.2) is 4.79 Å². The molecule has 2 aromatic rings. The summed E-state index contributed by atoms with van der Waals surface area (Å²) in [6.07, 6.45) is 0. The SMILES string of the molecule is O=C(COC(=O)c1cc(Cl)ccc1[N+](=O)[O-])Nc1ccccc1Cl. The molecular formula is C15H10Cl2N2O5. The van der Waals surface area contributed by atoms with E-state index in [4.69, 9.17) is 27.9 Å². The van der Waals surface area contributed by atoms with Gasteiger partial charge in [-0.3, -0.25) is 14.9 Å². The topological polar surface area (TPSA) is 98.5 Å². The molecule has 0 unspecified atom stereocenters. The second-order valence-electron chi connectivity index (χ2n) is 4.52. The van der Waals surface area contributed by atoms with E-state index in [2.05, 4.69) is 5.32 Å². The number of amides is 1. The number of ether oxygens (including phenoxy) is 1. The largest absolute Gasteiger partial charge is 0.452 e. The molecule has 0 bridgehead atoms. The van der Waals surface area contributed by atoms with E-state index in [1.165, 1.54) is 6.07 Å². The summed E-state index contributed by atoms with van der Waals surface area (Å²) in [4.78, 5) is 33.9. The van der Waals surface area contributed by atoms with Gasteiger partial charge in [0.25, 0.3) is 11.6 Å². The van der Waals surface area contributed by atoms with Gasteiger partial charge in [-0.05, 0) is 24.3 Å². The molecule has 0 radical (unpaired) electrons. The van der Waals surface area contributed by atoms with Crippen molar-refractivity contribution in [1.82, 2.24) is 0 Å². The molecule has 24 heavy (non-hydrogen) atoms. The van der Waals surface area contributed by atoms with Crippen molar-refractivity contribution >= 4 is 46.5 Å². The Morgan fingerprint density at radius 1 is 1.17 bits per heavy atom. The smallest absolute Gasteiger partial charge is 0.345 e. The lowest BCUT2D eigenvalue weighted by Gasteiger charge is -2.08. The van der Waals surface area contributed by atoms with Gasteiger partial charge in [0.2, 0.25) is 0 Å². The minimum Gasteiger partial charge on any atom is -0.452 e. The van der Waals surface area contributed by atoms with Crippen LogP contribution in [0.3, 0.4) is 0 Å². The monoisotopic (exact) mass is 368 g/mol. The number of carbonyl (C=O) groups excluding carboxylic acids is 2. The highest BCUT2D eigenvalue weighted by Crippen LogP contribution is 2.24. The first-order valence-electron chi connectivity index (χ1n) is 6.54. The number of esters is 1. The molecule has 0 atom stereocenters. The Kier molecular flexibility index (Phi) is 5.73. The van der Waals surface area contributed by atoms with E-state index in [9.17, 15) is 19.7 Å². The zero-order chi connectivity index (χ0) is 17.7. The Labute approximate surface area is 146 Å². The van der Waals surface area contributed by atoms with Crippen LogP contribution in [0.5, 0.6) is 0 Å². The number of rotatable bonds is 5. The Morgan fingerprint density at radius 2 is 1.88 bits per heavy atom. The molecule has 1 N–H and O–H groups in total. The number of nitrogens with zero attached hydrogens (tertiary/aromatic N) is 1. The highest BCUT2D eigenvalue weighted by Gasteiger charge is 2.22. The summed E-state index contributed by atoms with van der Waals surface area (Å²) in [7, 11) is 0. The fourth-order valence-electron chi connectivity index (χ4n) is 1.79. The highest BCUT2D eigenvalue weighted by molar-refractivity contribution is 6.33. The average molecular weight is 369 g/mol. The number of hydrogen-bond donors (Lipinski definition) is 1. The van der Waals surface area contributed by atoms with E-state index in [0.717, 1.165) is 12.1 Å². The van der Waals surface area contributed by atoms with E-state index in [1.54, 1.807) is 24.3 Å². The van der Waals surface area contributed by atoms with Gasteiger partial charge in [0.05, 0.1) is 15.6 Å². The summed E-state index contributed by atoms with van der Waals surface area (Å²) in [5, 5.41) is 13.8. The van der Waals surface area contributed by atoms with Crippen LogP contribution in [-0.4, -0.2) is 23.4 Å². The van der Waals surface area contributed by atoms with Gasteiger partial charge in [0, 0.05) is 11.1 Å². The summed E-state index contributed by atoms with van der Waals surface area (Å²) in [6, 6.07) is 9.98. The summed E-state index contributed by atoms with van der Waals surface area (Å²) >= 11 is 11.6. The van der Waals surface area contributed by atoms with E-state index >= 15 is 0 Å². The van der Waals surface area contributed by atoms with Gasteiger partial charge in [0.1, 0.15) is 5.56 Å². The Morgan fingerprint density at radius 3 is 2.54 bits per heavy atom. The standard InChI is InChI=1S/C15H10Cl2N2O5/c16-9-5-6-13(19(22)23)10(7-9)15(21)24-8-14(20)18-12-4-2-1-3-11(12)17/h1-7H,8H2,(H,18,20). The number of para-hydroxylation sites is 1. The van der Waals surface area contributed by atoms with Crippen molar-refractivity contribution in [3.8, 4) is 0 Å². The quantitative estimate of drug-likeness (QED) is 0.492. The lowest BCUT2D eigenvalue weighted by atomic mass is 10.2. The number of nitrogens with one attached hydrogen (secondary N) is 1. The molecule has 0 fully saturated rings. The molecule has 1 amide bonds. The molecule has 0 heterocycles. The first kappa shape index (κ1) is 17.7. The van der Waals surface area contributed by atoms with Crippen molar-refractivity contribution < 1.29 is 19.2 Å². The van der Waals surface area contributed by atoms with Crippen molar-refractivity contribution in [2.75, 3.05) is 11.9 Å². The lowest BCUT2D eigenvalue weighted by Crippen LogP contribution is -2.21. The average Bonchev–Trinajstić information content (AvgIpc) is 2.54. The second-order valence-corrected chi connectivity index (χ2v) is 5.37. The second kappa shape index (κ2) is 7.76. The van der Waals surface area contributed by atoms with Gasteiger partial charge < -0.3 is 10.1 Å². The van der Waals surface area contributed by atoms with Crippen LogP contribution >= 0.6 is 23.2 Å². The minimum absolute atomic E-state index is 0.132. The molecule has 9 heteroatoms. The normalized spacial score (nSPS) is 10.1. The van der Waals surface area contributed by atoms with E-state index in [0.29, 0.717) is 10.7 Å². The summed E-state index contributed by atoms with van der Waals surface area (Å²) in [5.41, 5.74) is -0.442. The van der Waals surface area contributed by atoms with Crippen molar-refractivity contribution in [3.05, 3.63) is 68.2 Å². The third-order valence-electron chi connectivity index (χ3n) is 2.86. The number of nitro benzene ring substituents is 1. The van der Waals surface area contributed by atoms with Crippen LogP contribution < -0.4 is 5.32 Å². The van der Waals surface area contributed by atoms with Crippen LogP contribution in [0.2, 0.25) is 10.0 Å². The maximum atomic E-state index is 12.0. The van der Waals surface area contributed by atoms with Gasteiger partial charge in [-0.15, -0.1) is 0 Å². The third-order valence-corrected chi connectivity index (χ3v) is 3.42. The Balaban J connectivity index is 2.03. The number of nitro groups is 1. The minimum atomic E-state index is -1.03. The fourth-order valence-corrected chi connectivity index (χ4v) is 2.14. The predicted octanol–water partition coefficient (Wildman–Crippen LogP) is 3.70. The zero-order valence-corrected chi connectivity index (χ0v) is 13.5. The van der Waals surface area contributed by atoms with E-state index in [-0.39, 0.29) is 10.6 Å².